The van der Waals surface area contributed by atoms with E-state index in [-0.39, 0.29) is 0 Å². The van der Waals surface area contributed by atoms with Crippen LogP contribution in [0.25, 0.3) is 0 Å². The Hall–Kier alpha value is 0.350. The highest BCUT2D eigenvalue weighted by atomic mass is 32.1. The molecule has 0 aliphatic heterocycles. The molecule has 0 N–H and O–H groups in total. The normalized spacial score (nSPS) is 53.4. The highest BCUT2D eigenvalue weighted by Gasteiger charge is 2.43. The molecule has 58 valence electrons. The molecule has 0 atom stereocenters. The zero-order chi connectivity index (χ0) is 7.24. The third-order valence-corrected chi connectivity index (χ3v) is 4.25. The van der Waals surface area contributed by atoms with E-state index in [9.17, 15) is 0 Å². The Morgan fingerprint density at radius 1 is 0.900 bits per heavy atom. The summed E-state index contributed by atoms with van der Waals surface area (Å²) in [6, 6.07) is 0. The maximum absolute atomic E-state index is 4.73. The van der Waals surface area contributed by atoms with Crippen molar-refractivity contribution in [2.45, 2.75) is 50.2 Å². The summed E-state index contributed by atoms with van der Waals surface area (Å²) < 4.78 is 0.456. The second-order valence-electron chi connectivity index (χ2n) is 4.54. The van der Waals surface area contributed by atoms with Crippen LogP contribution in [0.2, 0.25) is 0 Å². The monoisotopic (exact) mass is 156 g/mol. The van der Waals surface area contributed by atoms with Gasteiger partial charge in [0.25, 0.3) is 0 Å². The Kier molecular flexibility index (Phi) is 1.36. The van der Waals surface area contributed by atoms with Crippen LogP contribution < -0.4 is 0 Å². The fraction of sp³-hybridized carbons (Fsp3) is 1.00. The highest BCUT2D eigenvalue weighted by molar-refractivity contribution is 7.81. The summed E-state index contributed by atoms with van der Waals surface area (Å²) in [4.78, 5) is 0. The minimum atomic E-state index is 0.456. The number of thiol groups is 1. The van der Waals surface area contributed by atoms with Gasteiger partial charge in [0.1, 0.15) is 0 Å². The summed E-state index contributed by atoms with van der Waals surface area (Å²) in [5.74, 6) is 0. The second-order valence-corrected chi connectivity index (χ2v) is 5.48. The Morgan fingerprint density at radius 3 is 1.60 bits per heavy atom. The van der Waals surface area contributed by atoms with Gasteiger partial charge in [0.2, 0.25) is 0 Å². The van der Waals surface area contributed by atoms with Crippen molar-refractivity contribution in [3.8, 4) is 0 Å². The molecule has 0 aromatic heterocycles. The van der Waals surface area contributed by atoms with E-state index in [4.69, 9.17) is 12.6 Å². The van der Waals surface area contributed by atoms with Crippen LogP contribution in [0, 0.1) is 5.41 Å². The molecule has 3 aliphatic rings. The van der Waals surface area contributed by atoms with Crippen molar-refractivity contribution in [3.63, 3.8) is 0 Å². The number of hydrogen-bond acceptors (Lipinski definition) is 1. The van der Waals surface area contributed by atoms with Gasteiger partial charge in [-0.2, -0.15) is 12.6 Å². The Labute approximate surface area is 68.8 Å². The van der Waals surface area contributed by atoms with E-state index in [0.717, 1.165) is 0 Å². The Balaban J connectivity index is 2.16. The molecule has 0 radical (unpaired) electrons. The van der Waals surface area contributed by atoms with Crippen molar-refractivity contribution in [3.05, 3.63) is 0 Å². The van der Waals surface area contributed by atoms with Crippen molar-refractivity contribution in [1.29, 1.82) is 0 Å². The average Bonchev–Trinajstić information content (AvgIpc) is 1.93. The van der Waals surface area contributed by atoms with E-state index in [1.165, 1.54) is 38.5 Å². The third-order valence-electron chi connectivity index (χ3n) is 3.58. The number of hydrogen-bond donors (Lipinski definition) is 1. The molecule has 1 heteroatoms. The summed E-state index contributed by atoms with van der Waals surface area (Å²) in [7, 11) is 0. The van der Waals surface area contributed by atoms with Crippen LogP contribution in [0.15, 0.2) is 0 Å². The van der Waals surface area contributed by atoms with Gasteiger partial charge in [0, 0.05) is 4.75 Å². The van der Waals surface area contributed by atoms with Crippen LogP contribution in [0.5, 0.6) is 0 Å². The topological polar surface area (TPSA) is 0 Å². The smallest absolute Gasteiger partial charge is 0.0130 e. The van der Waals surface area contributed by atoms with Gasteiger partial charge in [-0.25, -0.2) is 0 Å². The fourth-order valence-electron chi connectivity index (χ4n) is 2.35. The lowest BCUT2D eigenvalue weighted by Crippen LogP contribution is -2.40. The number of rotatable bonds is 0. The van der Waals surface area contributed by atoms with Gasteiger partial charge in [0.15, 0.2) is 0 Å². The van der Waals surface area contributed by atoms with Crippen molar-refractivity contribution in [2.75, 3.05) is 0 Å². The first-order valence-corrected chi connectivity index (χ1v) is 4.79. The zero-order valence-electron chi connectivity index (χ0n) is 6.69. The van der Waals surface area contributed by atoms with Gasteiger partial charge in [-0.05, 0) is 43.9 Å². The summed E-state index contributed by atoms with van der Waals surface area (Å²) in [5, 5.41) is 0. The van der Waals surface area contributed by atoms with Gasteiger partial charge in [0.05, 0.1) is 0 Å². The van der Waals surface area contributed by atoms with E-state index in [1.54, 1.807) is 0 Å². The molecule has 0 spiro atoms. The quantitative estimate of drug-likeness (QED) is 0.512. The third kappa shape index (κ3) is 0.990. The molecule has 0 aromatic carbocycles. The van der Waals surface area contributed by atoms with Crippen molar-refractivity contribution < 1.29 is 0 Å². The molecule has 0 saturated heterocycles. The molecule has 2 bridgehead atoms. The van der Waals surface area contributed by atoms with Crippen LogP contribution in [-0.2, 0) is 0 Å². The Bertz CT molecular complexity index is 108. The van der Waals surface area contributed by atoms with Gasteiger partial charge < -0.3 is 0 Å². The maximum Gasteiger partial charge on any atom is 0.0130 e. The first kappa shape index (κ1) is 7.02. The molecule has 0 unspecified atom stereocenters. The molecule has 10 heavy (non-hydrogen) atoms. The van der Waals surface area contributed by atoms with Crippen LogP contribution in [0.3, 0.4) is 0 Å². The number of fused-ring (bicyclic) bond motifs is 3. The highest BCUT2D eigenvalue weighted by Crippen LogP contribution is 2.54. The molecule has 0 heterocycles. The van der Waals surface area contributed by atoms with Gasteiger partial charge in [-0.15, -0.1) is 0 Å². The standard InChI is InChI=1S/C9H16S/c1-8-2-5-9(10,6-3-8)7-4-8/h10H,2-7H2,1H3. The lowest BCUT2D eigenvalue weighted by atomic mass is 9.61. The van der Waals surface area contributed by atoms with Crippen molar-refractivity contribution in [1.82, 2.24) is 0 Å². The molecule has 3 rings (SSSR count). The van der Waals surface area contributed by atoms with Gasteiger partial charge in [-0.3, -0.25) is 0 Å². The molecule has 3 aliphatic carbocycles. The van der Waals surface area contributed by atoms with Gasteiger partial charge in [-0.1, -0.05) is 6.92 Å². The van der Waals surface area contributed by atoms with Crippen LogP contribution in [-0.4, -0.2) is 4.75 Å². The molecule has 3 fully saturated rings. The minimum Gasteiger partial charge on any atom is -0.173 e. The van der Waals surface area contributed by atoms with Crippen LogP contribution in [0.1, 0.15) is 45.4 Å². The summed E-state index contributed by atoms with van der Waals surface area (Å²) in [5.41, 5.74) is 0.713. The first-order valence-electron chi connectivity index (χ1n) is 4.34. The molecule has 0 aromatic rings. The summed E-state index contributed by atoms with van der Waals surface area (Å²) >= 11 is 4.73. The van der Waals surface area contributed by atoms with E-state index < -0.39 is 0 Å². The average molecular weight is 156 g/mol. The van der Waals surface area contributed by atoms with Gasteiger partial charge >= 0.3 is 0 Å². The van der Waals surface area contributed by atoms with Crippen molar-refractivity contribution in [2.24, 2.45) is 5.41 Å². The zero-order valence-corrected chi connectivity index (χ0v) is 7.58. The molecular weight excluding hydrogens is 140 g/mol. The van der Waals surface area contributed by atoms with E-state index in [0.29, 0.717) is 10.2 Å². The van der Waals surface area contributed by atoms with Crippen molar-refractivity contribution >= 4 is 12.6 Å². The summed E-state index contributed by atoms with van der Waals surface area (Å²) in [6.45, 7) is 2.44. The van der Waals surface area contributed by atoms with E-state index >= 15 is 0 Å². The largest absolute Gasteiger partial charge is 0.173 e. The lowest BCUT2D eigenvalue weighted by Gasteiger charge is -2.49. The van der Waals surface area contributed by atoms with E-state index in [2.05, 4.69) is 6.92 Å². The van der Waals surface area contributed by atoms with E-state index in [1.807, 2.05) is 0 Å². The summed E-state index contributed by atoms with van der Waals surface area (Å²) in [6.07, 6.45) is 8.38. The van der Waals surface area contributed by atoms with Crippen LogP contribution >= 0.6 is 12.6 Å². The SMILES string of the molecule is CC12CCC(S)(CC1)CC2. The predicted octanol–water partition coefficient (Wildman–Crippen LogP) is 3.03. The maximum atomic E-state index is 4.73. The molecule has 0 amide bonds. The minimum absolute atomic E-state index is 0.456. The van der Waals surface area contributed by atoms with Crippen LogP contribution in [0.4, 0.5) is 0 Å². The molecule has 3 saturated carbocycles. The first-order chi connectivity index (χ1) is 4.62. The molecular formula is C9H16S. The second kappa shape index (κ2) is 1.94. The molecule has 0 nitrogen and oxygen atoms in total. The fourth-order valence-corrected chi connectivity index (χ4v) is 2.69. The Morgan fingerprint density at radius 2 is 1.30 bits per heavy atom. The lowest BCUT2D eigenvalue weighted by molar-refractivity contribution is 0.103. The predicted molar refractivity (Wildman–Crippen MR) is 47.5 cm³/mol.